The molecule has 18 heavy (non-hydrogen) atoms. The van der Waals surface area contributed by atoms with Gasteiger partial charge in [-0.3, -0.25) is 4.79 Å². The first-order valence-corrected chi connectivity index (χ1v) is 7.21. The first-order chi connectivity index (χ1) is 8.52. The first-order valence-electron chi connectivity index (χ1n) is 6.40. The molecular formula is C13H18N2O2S. The van der Waals surface area contributed by atoms with Crippen molar-refractivity contribution in [3.63, 3.8) is 0 Å². The Kier molecular flexibility index (Phi) is 2.71. The summed E-state index contributed by atoms with van der Waals surface area (Å²) in [5.41, 5.74) is 0.762. The maximum Gasteiger partial charge on any atom is 0.265 e. The van der Waals surface area contributed by atoms with E-state index in [0.29, 0.717) is 19.0 Å². The van der Waals surface area contributed by atoms with Crippen molar-refractivity contribution < 1.29 is 9.90 Å². The second-order valence-corrected chi connectivity index (χ2v) is 6.90. The molecule has 1 aromatic rings. The average molecular weight is 266 g/mol. The number of amides is 1. The van der Waals surface area contributed by atoms with Crippen LogP contribution in [0.2, 0.25) is 0 Å². The summed E-state index contributed by atoms with van der Waals surface area (Å²) in [6.07, 6.45) is 2.43. The number of carbonyl (C=O) groups is 1. The van der Waals surface area contributed by atoms with E-state index < -0.39 is 0 Å². The number of nitrogens with zero attached hydrogens (tertiary/aromatic N) is 2. The molecule has 0 radical (unpaired) electrons. The van der Waals surface area contributed by atoms with Crippen LogP contribution in [0, 0.1) is 12.3 Å². The number of aryl methyl sites for hydroxylation is 1. The molecule has 1 amide bonds. The van der Waals surface area contributed by atoms with Crippen LogP contribution in [0.3, 0.4) is 0 Å². The fraction of sp³-hybridized carbons (Fsp3) is 0.692. The summed E-state index contributed by atoms with van der Waals surface area (Å²) >= 11 is 1.56. The normalized spacial score (nSPS) is 21.8. The molecule has 0 unspecified atom stereocenters. The lowest BCUT2D eigenvalue weighted by Crippen LogP contribution is -2.58. The van der Waals surface area contributed by atoms with Gasteiger partial charge in [-0.1, -0.05) is 6.92 Å². The summed E-state index contributed by atoms with van der Waals surface area (Å²) in [6, 6.07) is 0. The molecule has 0 bridgehead atoms. The highest BCUT2D eigenvalue weighted by molar-refractivity contribution is 7.13. The van der Waals surface area contributed by atoms with Crippen LogP contribution in [0.4, 0.5) is 0 Å². The minimum Gasteiger partial charge on any atom is -0.396 e. The molecule has 1 aliphatic heterocycles. The van der Waals surface area contributed by atoms with Gasteiger partial charge in [-0.05, 0) is 19.8 Å². The summed E-state index contributed by atoms with van der Waals surface area (Å²) in [5.74, 6) is 0.692. The number of thiazole rings is 1. The number of aliphatic hydroxyl groups is 1. The van der Waals surface area contributed by atoms with Crippen LogP contribution in [0.1, 0.15) is 46.1 Å². The number of hydrogen-bond acceptors (Lipinski definition) is 4. The molecule has 1 saturated heterocycles. The third-order valence-electron chi connectivity index (χ3n) is 3.75. The monoisotopic (exact) mass is 266 g/mol. The van der Waals surface area contributed by atoms with Crippen molar-refractivity contribution in [2.45, 2.75) is 32.6 Å². The van der Waals surface area contributed by atoms with Gasteiger partial charge >= 0.3 is 0 Å². The molecule has 4 nitrogen and oxygen atoms in total. The van der Waals surface area contributed by atoms with Crippen molar-refractivity contribution in [1.29, 1.82) is 0 Å². The van der Waals surface area contributed by atoms with Crippen molar-refractivity contribution in [1.82, 2.24) is 9.88 Å². The molecular weight excluding hydrogens is 248 g/mol. The zero-order chi connectivity index (χ0) is 12.9. The number of rotatable bonds is 3. The van der Waals surface area contributed by atoms with Crippen LogP contribution >= 0.6 is 11.3 Å². The van der Waals surface area contributed by atoms with E-state index in [1.807, 2.05) is 18.7 Å². The van der Waals surface area contributed by atoms with Crippen LogP contribution in [-0.2, 0) is 0 Å². The maximum absolute atomic E-state index is 12.3. The van der Waals surface area contributed by atoms with Crippen molar-refractivity contribution in [2.75, 3.05) is 19.7 Å². The molecule has 98 valence electrons. The van der Waals surface area contributed by atoms with E-state index in [-0.39, 0.29) is 17.9 Å². The van der Waals surface area contributed by atoms with Crippen molar-refractivity contribution in [2.24, 2.45) is 5.41 Å². The zero-order valence-corrected chi connectivity index (χ0v) is 11.6. The fourth-order valence-corrected chi connectivity index (χ4v) is 3.59. The Morgan fingerprint density at radius 1 is 1.56 bits per heavy atom. The molecule has 1 N–H and O–H groups in total. The highest BCUT2D eigenvalue weighted by atomic mass is 32.1. The summed E-state index contributed by atoms with van der Waals surface area (Å²) in [5, 5.41) is 10.3. The van der Waals surface area contributed by atoms with E-state index in [9.17, 15) is 9.90 Å². The van der Waals surface area contributed by atoms with E-state index in [4.69, 9.17) is 0 Å². The Morgan fingerprint density at radius 2 is 2.22 bits per heavy atom. The highest BCUT2D eigenvalue weighted by Gasteiger charge is 2.42. The Morgan fingerprint density at radius 3 is 2.78 bits per heavy atom. The van der Waals surface area contributed by atoms with Crippen LogP contribution in [0.15, 0.2) is 0 Å². The van der Waals surface area contributed by atoms with Crippen LogP contribution in [0.25, 0.3) is 0 Å². The van der Waals surface area contributed by atoms with Crippen LogP contribution in [0.5, 0.6) is 0 Å². The molecule has 0 atom stereocenters. The lowest BCUT2D eigenvalue weighted by molar-refractivity contribution is -0.0150. The van der Waals surface area contributed by atoms with Crippen molar-refractivity contribution >= 4 is 17.2 Å². The molecule has 2 heterocycles. The van der Waals surface area contributed by atoms with Gasteiger partial charge in [-0.2, -0.15) is 0 Å². The molecule has 2 aliphatic rings. The van der Waals surface area contributed by atoms with E-state index in [1.165, 1.54) is 12.8 Å². The van der Waals surface area contributed by atoms with Crippen LogP contribution in [-0.4, -0.2) is 40.6 Å². The van der Waals surface area contributed by atoms with Gasteiger partial charge in [0.05, 0.1) is 17.3 Å². The van der Waals surface area contributed by atoms with Gasteiger partial charge < -0.3 is 10.0 Å². The van der Waals surface area contributed by atoms with Gasteiger partial charge in [0.25, 0.3) is 5.91 Å². The molecule has 1 saturated carbocycles. The minimum atomic E-state index is -0.104. The third-order valence-corrected chi connectivity index (χ3v) is 5.06. The Labute approximate surface area is 111 Å². The predicted molar refractivity (Wildman–Crippen MR) is 69.9 cm³/mol. The lowest BCUT2D eigenvalue weighted by atomic mass is 9.83. The van der Waals surface area contributed by atoms with Crippen LogP contribution < -0.4 is 0 Å². The fourth-order valence-electron chi connectivity index (χ4n) is 2.38. The molecule has 3 rings (SSSR count). The van der Waals surface area contributed by atoms with Gasteiger partial charge in [0.2, 0.25) is 0 Å². The molecule has 1 aromatic heterocycles. The lowest BCUT2D eigenvalue weighted by Gasteiger charge is -2.46. The second-order valence-electron chi connectivity index (χ2n) is 5.87. The number of hydrogen-bond donors (Lipinski definition) is 1. The Balaban J connectivity index is 1.73. The quantitative estimate of drug-likeness (QED) is 0.907. The maximum atomic E-state index is 12.3. The number of likely N-dealkylation sites (tertiary alicyclic amines) is 1. The summed E-state index contributed by atoms with van der Waals surface area (Å²) in [4.78, 5) is 19.4. The van der Waals surface area contributed by atoms with E-state index >= 15 is 0 Å². The molecule has 1 aliphatic carbocycles. The standard InChI is InChI=1S/C13H18N2O2S/c1-8-10(18-11(14-8)9-3-4-9)12(17)15-5-13(2,6-15)7-16/h9,16H,3-7H2,1-2H3. The van der Waals surface area contributed by atoms with Crippen molar-refractivity contribution in [3.8, 4) is 0 Å². The molecule has 2 fully saturated rings. The van der Waals surface area contributed by atoms with Gasteiger partial charge in [0.1, 0.15) is 4.88 Å². The van der Waals surface area contributed by atoms with E-state index in [1.54, 1.807) is 11.3 Å². The number of aliphatic hydroxyl groups excluding tert-OH is 1. The first kappa shape index (κ1) is 12.1. The SMILES string of the molecule is Cc1nc(C2CC2)sc1C(=O)N1CC(C)(CO)C1. The van der Waals surface area contributed by atoms with E-state index in [0.717, 1.165) is 15.6 Å². The second kappa shape index (κ2) is 4.03. The number of aromatic nitrogens is 1. The minimum absolute atomic E-state index is 0.0859. The topological polar surface area (TPSA) is 53.4 Å². The van der Waals surface area contributed by atoms with Gasteiger partial charge in [0.15, 0.2) is 0 Å². The van der Waals surface area contributed by atoms with Crippen molar-refractivity contribution in [3.05, 3.63) is 15.6 Å². The van der Waals surface area contributed by atoms with Gasteiger partial charge in [-0.25, -0.2) is 4.98 Å². The largest absolute Gasteiger partial charge is 0.396 e. The smallest absolute Gasteiger partial charge is 0.265 e. The summed E-state index contributed by atoms with van der Waals surface area (Å²) in [6.45, 7) is 5.37. The summed E-state index contributed by atoms with van der Waals surface area (Å²) < 4.78 is 0. The molecule has 0 aromatic carbocycles. The summed E-state index contributed by atoms with van der Waals surface area (Å²) in [7, 11) is 0. The number of carbonyl (C=O) groups excluding carboxylic acids is 1. The molecule has 0 spiro atoms. The van der Waals surface area contributed by atoms with Gasteiger partial charge in [-0.15, -0.1) is 11.3 Å². The highest BCUT2D eigenvalue weighted by Crippen LogP contribution is 2.43. The third kappa shape index (κ3) is 1.95. The zero-order valence-electron chi connectivity index (χ0n) is 10.8. The predicted octanol–water partition coefficient (Wildman–Crippen LogP) is 1.78. The Bertz CT molecular complexity index is 487. The van der Waals surface area contributed by atoms with E-state index in [2.05, 4.69) is 4.98 Å². The molecule has 5 heteroatoms. The average Bonchev–Trinajstić information content (AvgIpc) is 3.08. The van der Waals surface area contributed by atoms with Gasteiger partial charge in [0, 0.05) is 24.4 Å². The Hall–Kier alpha value is -0.940.